The summed E-state index contributed by atoms with van der Waals surface area (Å²) < 4.78 is 0. The van der Waals surface area contributed by atoms with Gasteiger partial charge >= 0.3 is 0 Å². The van der Waals surface area contributed by atoms with Crippen molar-refractivity contribution in [3.63, 3.8) is 0 Å². The highest BCUT2D eigenvalue weighted by Crippen LogP contribution is 2.20. The first-order valence-corrected chi connectivity index (χ1v) is 7.84. The minimum absolute atomic E-state index is 0.183. The van der Waals surface area contributed by atoms with Crippen LogP contribution in [0.1, 0.15) is 29.5 Å². The SMILES string of the molecule is C#Cc1ccc(N=Cc2c(N)nc(N3CCCC3)[nH]c2=O)c(C)c1. The van der Waals surface area contributed by atoms with E-state index in [0.29, 0.717) is 5.95 Å². The Labute approximate surface area is 140 Å². The number of aryl methyl sites for hydroxylation is 1. The van der Waals surface area contributed by atoms with Crippen LogP contribution in [0.3, 0.4) is 0 Å². The van der Waals surface area contributed by atoms with Gasteiger partial charge < -0.3 is 10.6 Å². The van der Waals surface area contributed by atoms with E-state index in [2.05, 4.69) is 20.9 Å². The van der Waals surface area contributed by atoms with Crippen LogP contribution in [-0.4, -0.2) is 29.3 Å². The van der Waals surface area contributed by atoms with Crippen LogP contribution in [-0.2, 0) is 0 Å². The Balaban J connectivity index is 1.90. The number of benzene rings is 1. The number of aromatic amines is 1. The van der Waals surface area contributed by atoms with Gasteiger partial charge in [-0.15, -0.1) is 6.42 Å². The zero-order valence-electron chi connectivity index (χ0n) is 13.5. The molecule has 1 aliphatic rings. The molecular formula is C18H19N5O. The summed E-state index contributed by atoms with van der Waals surface area (Å²) in [5.74, 6) is 3.29. The van der Waals surface area contributed by atoms with Gasteiger partial charge in [-0.05, 0) is 43.5 Å². The number of nitrogens with zero attached hydrogens (tertiary/aromatic N) is 3. The molecule has 0 bridgehead atoms. The molecule has 0 spiro atoms. The summed E-state index contributed by atoms with van der Waals surface area (Å²) in [6.45, 7) is 3.68. The van der Waals surface area contributed by atoms with Crippen LogP contribution in [0.15, 0.2) is 28.0 Å². The molecule has 24 heavy (non-hydrogen) atoms. The molecule has 122 valence electrons. The van der Waals surface area contributed by atoms with Crippen LogP contribution in [0.4, 0.5) is 17.5 Å². The first kappa shape index (κ1) is 15.8. The first-order chi connectivity index (χ1) is 11.6. The lowest BCUT2D eigenvalue weighted by Crippen LogP contribution is -2.26. The second-order valence-electron chi connectivity index (χ2n) is 5.79. The van der Waals surface area contributed by atoms with E-state index in [1.165, 1.54) is 6.21 Å². The van der Waals surface area contributed by atoms with E-state index in [1.54, 1.807) is 0 Å². The van der Waals surface area contributed by atoms with Crippen molar-refractivity contribution in [2.75, 3.05) is 23.7 Å². The van der Waals surface area contributed by atoms with Gasteiger partial charge in [0.2, 0.25) is 5.95 Å². The van der Waals surface area contributed by atoms with Gasteiger partial charge in [0.1, 0.15) is 11.4 Å². The number of hydrogen-bond donors (Lipinski definition) is 2. The molecule has 0 amide bonds. The van der Waals surface area contributed by atoms with Gasteiger partial charge in [0.15, 0.2) is 0 Å². The highest BCUT2D eigenvalue weighted by atomic mass is 16.1. The molecule has 1 aromatic heterocycles. The molecule has 0 atom stereocenters. The van der Waals surface area contributed by atoms with Crippen LogP contribution in [0, 0.1) is 19.3 Å². The lowest BCUT2D eigenvalue weighted by atomic mass is 10.1. The first-order valence-electron chi connectivity index (χ1n) is 7.84. The van der Waals surface area contributed by atoms with Crippen molar-refractivity contribution in [2.45, 2.75) is 19.8 Å². The summed E-state index contributed by atoms with van der Waals surface area (Å²) >= 11 is 0. The topological polar surface area (TPSA) is 87.4 Å². The minimum Gasteiger partial charge on any atom is -0.383 e. The second-order valence-corrected chi connectivity index (χ2v) is 5.79. The third-order valence-corrected chi connectivity index (χ3v) is 4.07. The molecule has 6 heteroatoms. The summed E-state index contributed by atoms with van der Waals surface area (Å²) in [6.07, 6.45) is 9.02. The third kappa shape index (κ3) is 3.15. The molecule has 2 heterocycles. The van der Waals surface area contributed by atoms with E-state index in [-0.39, 0.29) is 16.9 Å². The van der Waals surface area contributed by atoms with Crippen molar-refractivity contribution in [1.82, 2.24) is 9.97 Å². The fraction of sp³-hybridized carbons (Fsp3) is 0.278. The van der Waals surface area contributed by atoms with Crippen molar-refractivity contribution in [2.24, 2.45) is 4.99 Å². The number of nitrogens with two attached hydrogens (primary N) is 1. The standard InChI is InChI=1S/C18H19N5O/c1-3-13-6-7-15(12(2)10-13)20-11-14-16(19)21-18(22-17(14)24)23-8-4-5-9-23/h1,6-7,10-11H,4-5,8-9H2,2H3,(H3,19,21,22,24). The van der Waals surface area contributed by atoms with Crippen molar-refractivity contribution in [3.05, 3.63) is 45.2 Å². The molecule has 1 aliphatic heterocycles. The number of rotatable bonds is 3. The minimum atomic E-state index is -0.286. The molecule has 0 radical (unpaired) electrons. The Morgan fingerprint density at radius 3 is 2.79 bits per heavy atom. The summed E-state index contributed by atoms with van der Waals surface area (Å²) in [4.78, 5) is 25.8. The maximum absolute atomic E-state index is 12.3. The quantitative estimate of drug-likeness (QED) is 0.668. The molecular weight excluding hydrogens is 302 g/mol. The summed E-state index contributed by atoms with van der Waals surface area (Å²) in [6, 6.07) is 5.49. The molecule has 1 fully saturated rings. The summed E-state index contributed by atoms with van der Waals surface area (Å²) in [5, 5.41) is 0. The zero-order valence-corrected chi connectivity index (χ0v) is 13.5. The van der Waals surface area contributed by atoms with Gasteiger partial charge in [0.25, 0.3) is 5.56 Å². The molecule has 0 aliphatic carbocycles. The number of aliphatic imine (C=N–C) groups is 1. The second kappa shape index (κ2) is 6.59. The fourth-order valence-electron chi connectivity index (χ4n) is 2.72. The normalized spacial score (nSPS) is 14.2. The maximum Gasteiger partial charge on any atom is 0.263 e. The molecule has 0 unspecified atom stereocenters. The molecule has 3 N–H and O–H groups in total. The molecule has 1 saturated heterocycles. The Bertz CT molecular complexity index is 885. The number of anilines is 2. The van der Waals surface area contributed by atoms with Crippen LogP contribution in [0.5, 0.6) is 0 Å². The van der Waals surface area contributed by atoms with Crippen molar-refractivity contribution in [3.8, 4) is 12.3 Å². The van der Waals surface area contributed by atoms with Gasteiger partial charge in [0.05, 0.1) is 5.69 Å². The largest absolute Gasteiger partial charge is 0.383 e. The molecule has 2 aromatic rings. The number of nitrogens with one attached hydrogen (secondary N) is 1. The monoisotopic (exact) mass is 321 g/mol. The lowest BCUT2D eigenvalue weighted by Gasteiger charge is -2.16. The number of nitrogen functional groups attached to an aromatic ring is 1. The van der Waals surface area contributed by atoms with E-state index < -0.39 is 0 Å². The average molecular weight is 321 g/mol. The van der Waals surface area contributed by atoms with Crippen molar-refractivity contribution in [1.29, 1.82) is 0 Å². The van der Waals surface area contributed by atoms with E-state index in [0.717, 1.165) is 42.7 Å². The molecule has 6 nitrogen and oxygen atoms in total. The zero-order chi connectivity index (χ0) is 17.1. The smallest absolute Gasteiger partial charge is 0.263 e. The molecule has 0 saturated carbocycles. The number of terminal acetylenes is 1. The maximum atomic E-state index is 12.3. The Morgan fingerprint density at radius 1 is 1.42 bits per heavy atom. The fourth-order valence-corrected chi connectivity index (χ4v) is 2.72. The highest BCUT2D eigenvalue weighted by molar-refractivity contribution is 5.87. The highest BCUT2D eigenvalue weighted by Gasteiger charge is 2.16. The molecule has 1 aromatic carbocycles. The van der Waals surface area contributed by atoms with Gasteiger partial charge in [-0.1, -0.05) is 5.92 Å². The summed E-state index contributed by atoms with van der Waals surface area (Å²) in [5.41, 5.74) is 8.39. The number of H-pyrrole nitrogens is 1. The van der Waals surface area contributed by atoms with Gasteiger partial charge in [0, 0.05) is 24.9 Å². The lowest BCUT2D eigenvalue weighted by molar-refractivity contribution is 0.892. The van der Waals surface area contributed by atoms with Crippen LogP contribution >= 0.6 is 0 Å². The van der Waals surface area contributed by atoms with Gasteiger partial charge in [-0.25, -0.2) is 0 Å². The van der Waals surface area contributed by atoms with Gasteiger partial charge in [-0.3, -0.25) is 14.8 Å². The Kier molecular flexibility index (Phi) is 4.34. The molecule has 3 rings (SSSR count). The average Bonchev–Trinajstić information content (AvgIpc) is 3.09. The van der Waals surface area contributed by atoms with Crippen molar-refractivity contribution < 1.29 is 0 Å². The number of hydrogen-bond acceptors (Lipinski definition) is 5. The van der Waals surface area contributed by atoms with E-state index in [1.807, 2.05) is 30.0 Å². The third-order valence-electron chi connectivity index (χ3n) is 4.07. The van der Waals surface area contributed by atoms with Crippen LogP contribution in [0.2, 0.25) is 0 Å². The predicted octanol–water partition coefficient (Wildman–Crippen LogP) is 1.99. The predicted molar refractivity (Wildman–Crippen MR) is 97.1 cm³/mol. The number of aromatic nitrogens is 2. The summed E-state index contributed by atoms with van der Waals surface area (Å²) in [7, 11) is 0. The Morgan fingerprint density at radius 2 is 2.17 bits per heavy atom. The van der Waals surface area contributed by atoms with Crippen LogP contribution in [0.25, 0.3) is 0 Å². The van der Waals surface area contributed by atoms with Crippen LogP contribution < -0.4 is 16.2 Å². The van der Waals surface area contributed by atoms with E-state index in [9.17, 15) is 4.79 Å². The van der Waals surface area contributed by atoms with E-state index in [4.69, 9.17) is 12.2 Å². The Hall–Kier alpha value is -3.07. The van der Waals surface area contributed by atoms with E-state index >= 15 is 0 Å². The van der Waals surface area contributed by atoms with Gasteiger partial charge in [-0.2, -0.15) is 4.98 Å². The van der Waals surface area contributed by atoms with Crippen molar-refractivity contribution >= 4 is 23.7 Å².